The van der Waals surface area contributed by atoms with E-state index < -0.39 is 0 Å². The monoisotopic (exact) mass is 386 g/mol. The van der Waals surface area contributed by atoms with Crippen LogP contribution in [-0.2, 0) is 0 Å². The summed E-state index contributed by atoms with van der Waals surface area (Å²) in [6.45, 7) is 4.52. The Labute approximate surface area is 166 Å². The third-order valence-corrected chi connectivity index (χ3v) is 7.02. The highest BCUT2D eigenvalue weighted by Gasteiger charge is 2.33. The van der Waals surface area contributed by atoms with Gasteiger partial charge in [-0.1, -0.05) is 54.4 Å². The van der Waals surface area contributed by atoms with Crippen molar-refractivity contribution in [2.45, 2.75) is 41.5 Å². The van der Waals surface area contributed by atoms with Crippen LogP contribution in [0.5, 0.6) is 0 Å². The Hall–Kier alpha value is -1.00. The molecular formula is C22H27ClN2S. The van der Waals surface area contributed by atoms with E-state index in [1.807, 2.05) is 23.9 Å². The zero-order valence-corrected chi connectivity index (χ0v) is 16.7. The van der Waals surface area contributed by atoms with Crippen molar-refractivity contribution in [2.24, 2.45) is 5.92 Å². The lowest BCUT2D eigenvalue weighted by Crippen LogP contribution is -2.46. The Bertz CT molecular complexity index is 706. The van der Waals surface area contributed by atoms with E-state index in [1.54, 1.807) is 0 Å². The number of piperazine rings is 1. The maximum atomic E-state index is 6.06. The Morgan fingerprint density at radius 2 is 1.65 bits per heavy atom. The van der Waals surface area contributed by atoms with Crippen molar-refractivity contribution >= 4 is 23.4 Å². The minimum Gasteiger partial charge on any atom is -0.314 e. The van der Waals surface area contributed by atoms with Crippen LogP contribution in [0.1, 0.15) is 37.3 Å². The van der Waals surface area contributed by atoms with Gasteiger partial charge in [-0.05, 0) is 54.7 Å². The molecule has 2 fully saturated rings. The van der Waals surface area contributed by atoms with Crippen LogP contribution in [0.2, 0.25) is 5.02 Å². The van der Waals surface area contributed by atoms with Crippen LogP contribution in [0.25, 0.3) is 0 Å². The summed E-state index contributed by atoms with van der Waals surface area (Å²) in [6.07, 6.45) is 5.52. The number of nitrogens with zero attached hydrogens (tertiary/aromatic N) is 1. The smallest absolute Gasteiger partial charge is 0.0406 e. The molecule has 0 amide bonds. The molecule has 4 rings (SSSR count). The van der Waals surface area contributed by atoms with E-state index in [1.165, 1.54) is 41.0 Å². The van der Waals surface area contributed by atoms with Crippen molar-refractivity contribution in [3.63, 3.8) is 0 Å². The zero-order chi connectivity index (χ0) is 17.8. The van der Waals surface area contributed by atoms with Crippen molar-refractivity contribution in [3.8, 4) is 0 Å². The summed E-state index contributed by atoms with van der Waals surface area (Å²) in [6, 6.07) is 17.8. The summed E-state index contributed by atoms with van der Waals surface area (Å²) in [5.41, 5.74) is 1.52. The van der Waals surface area contributed by atoms with Crippen molar-refractivity contribution in [2.75, 3.05) is 26.2 Å². The minimum atomic E-state index is 0.551. The summed E-state index contributed by atoms with van der Waals surface area (Å²) < 4.78 is 0. The van der Waals surface area contributed by atoms with E-state index in [2.05, 4.69) is 46.6 Å². The molecule has 1 aliphatic carbocycles. The van der Waals surface area contributed by atoms with Crippen LogP contribution in [0.4, 0.5) is 0 Å². The van der Waals surface area contributed by atoms with Crippen LogP contribution < -0.4 is 5.32 Å². The van der Waals surface area contributed by atoms with E-state index in [0.717, 1.165) is 37.1 Å². The standard InChI is InChI=1S/C22H27ClN2S/c23-18-9-11-19(12-10-18)26-21-8-4-3-7-20(21)22(17-5-1-2-6-17)25-15-13-24-14-16-25/h3-4,7-12,17,22,24H,1-2,5-6,13-16H2/t22-/m1/s1. The summed E-state index contributed by atoms with van der Waals surface area (Å²) in [7, 11) is 0. The molecule has 4 heteroatoms. The second-order valence-electron chi connectivity index (χ2n) is 7.37. The number of halogens is 1. The molecule has 26 heavy (non-hydrogen) atoms. The van der Waals surface area contributed by atoms with Gasteiger partial charge in [0.05, 0.1) is 0 Å². The molecular weight excluding hydrogens is 360 g/mol. The number of hydrogen-bond donors (Lipinski definition) is 1. The molecule has 138 valence electrons. The molecule has 1 saturated carbocycles. The van der Waals surface area contributed by atoms with E-state index in [0.29, 0.717) is 6.04 Å². The lowest BCUT2D eigenvalue weighted by molar-refractivity contribution is 0.123. The van der Waals surface area contributed by atoms with Gasteiger partial charge >= 0.3 is 0 Å². The average Bonchev–Trinajstić information content (AvgIpc) is 3.20. The fraction of sp³-hybridized carbons (Fsp3) is 0.455. The first-order valence-corrected chi connectivity index (χ1v) is 11.0. The third kappa shape index (κ3) is 4.28. The van der Waals surface area contributed by atoms with Gasteiger partial charge in [0.15, 0.2) is 0 Å². The first-order valence-electron chi connectivity index (χ1n) is 9.78. The zero-order valence-electron chi connectivity index (χ0n) is 15.2. The third-order valence-electron chi connectivity index (χ3n) is 5.67. The molecule has 0 aromatic heterocycles. The normalized spacial score (nSPS) is 20.3. The molecule has 2 aromatic rings. The van der Waals surface area contributed by atoms with Gasteiger partial charge in [0, 0.05) is 47.0 Å². The first kappa shape index (κ1) is 18.4. The van der Waals surface area contributed by atoms with Gasteiger partial charge in [-0.2, -0.15) is 0 Å². The van der Waals surface area contributed by atoms with E-state index >= 15 is 0 Å². The fourth-order valence-electron chi connectivity index (χ4n) is 4.43. The molecule has 0 unspecified atom stereocenters. The molecule has 1 N–H and O–H groups in total. The van der Waals surface area contributed by atoms with Gasteiger partial charge < -0.3 is 5.32 Å². The van der Waals surface area contributed by atoms with Crippen molar-refractivity contribution in [1.82, 2.24) is 10.2 Å². The number of benzene rings is 2. The highest BCUT2D eigenvalue weighted by molar-refractivity contribution is 7.99. The lowest BCUT2D eigenvalue weighted by atomic mass is 9.89. The maximum absolute atomic E-state index is 6.06. The van der Waals surface area contributed by atoms with E-state index in [4.69, 9.17) is 11.6 Å². The predicted molar refractivity (Wildman–Crippen MR) is 111 cm³/mol. The molecule has 0 bridgehead atoms. The maximum Gasteiger partial charge on any atom is 0.0406 e. The Morgan fingerprint density at radius 3 is 2.38 bits per heavy atom. The van der Waals surface area contributed by atoms with Crippen LogP contribution in [0, 0.1) is 5.92 Å². The number of nitrogens with one attached hydrogen (secondary N) is 1. The molecule has 0 radical (unpaired) electrons. The molecule has 2 aliphatic rings. The van der Waals surface area contributed by atoms with Crippen molar-refractivity contribution < 1.29 is 0 Å². The first-order chi connectivity index (χ1) is 12.8. The van der Waals surface area contributed by atoms with Gasteiger partial charge in [0.1, 0.15) is 0 Å². The summed E-state index contributed by atoms with van der Waals surface area (Å²) in [4.78, 5) is 5.38. The van der Waals surface area contributed by atoms with Gasteiger partial charge in [-0.25, -0.2) is 0 Å². The van der Waals surface area contributed by atoms with Crippen LogP contribution in [0.15, 0.2) is 58.3 Å². The highest BCUT2D eigenvalue weighted by atomic mass is 35.5. The predicted octanol–water partition coefficient (Wildman–Crippen LogP) is 5.63. The van der Waals surface area contributed by atoms with Gasteiger partial charge in [-0.15, -0.1) is 0 Å². The van der Waals surface area contributed by atoms with Crippen LogP contribution in [-0.4, -0.2) is 31.1 Å². The summed E-state index contributed by atoms with van der Waals surface area (Å²) >= 11 is 7.94. The minimum absolute atomic E-state index is 0.551. The second-order valence-corrected chi connectivity index (χ2v) is 8.92. The van der Waals surface area contributed by atoms with E-state index in [9.17, 15) is 0 Å². The molecule has 2 nitrogen and oxygen atoms in total. The molecule has 0 spiro atoms. The highest BCUT2D eigenvalue weighted by Crippen LogP contribution is 2.44. The molecule has 1 heterocycles. The largest absolute Gasteiger partial charge is 0.314 e. The topological polar surface area (TPSA) is 15.3 Å². The molecule has 1 atom stereocenters. The SMILES string of the molecule is Clc1ccc(Sc2ccccc2[C@@H](C2CCCC2)N2CCNCC2)cc1. The van der Waals surface area contributed by atoms with Gasteiger partial charge in [0.25, 0.3) is 0 Å². The molecule has 1 aliphatic heterocycles. The second kappa shape index (κ2) is 8.79. The lowest BCUT2D eigenvalue weighted by Gasteiger charge is -2.39. The quantitative estimate of drug-likeness (QED) is 0.717. The Morgan fingerprint density at radius 1 is 0.962 bits per heavy atom. The van der Waals surface area contributed by atoms with Gasteiger partial charge in [0.2, 0.25) is 0 Å². The van der Waals surface area contributed by atoms with Crippen molar-refractivity contribution in [1.29, 1.82) is 0 Å². The Balaban J connectivity index is 1.65. The average molecular weight is 387 g/mol. The Kier molecular flexibility index (Phi) is 6.21. The van der Waals surface area contributed by atoms with Gasteiger partial charge in [-0.3, -0.25) is 4.90 Å². The molecule has 1 saturated heterocycles. The van der Waals surface area contributed by atoms with Crippen LogP contribution in [0.3, 0.4) is 0 Å². The summed E-state index contributed by atoms with van der Waals surface area (Å²) in [5, 5.41) is 4.31. The summed E-state index contributed by atoms with van der Waals surface area (Å²) in [5.74, 6) is 0.792. The number of rotatable bonds is 5. The van der Waals surface area contributed by atoms with Crippen LogP contribution >= 0.6 is 23.4 Å². The number of hydrogen-bond acceptors (Lipinski definition) is 3. The van der Waals surface area contributed by atoms with Crippen molar-refractivity contribution in [3.05, 3.63) is 59.1 Å². The van der Waals surface area contributed by atoms with E-state index in [-0.39, 0.29) is 0 Å². The molecule has 2 aromatic carbocycles. The fourth-order valence-corrected chi connectivity index (χ4v) is 5.53.